The summed E-state index contributed by atoms with van der Waals surface area (Å²) in [5.74, 6) is 0.645. The van der Waals surface area contributed by atoms with E-state index in [1.807, 2.05) is 56.3 Å². The molecule has 2 heterocycles. The van der Waals surface area contributed by atoms with E-state index in [-0.39, 0.29) is 5.91 Å². The van der Waals surface area contributed by atoms with E-state index in [0.29, 0.717) is 23.8 Å². The van der Waals surface area contributed by atoms with Crippen molar-refractivity contribution in [3.05, 3.63) is 83.7 Å². The molecule has 2 aromatic carbocycles. The number of fused-ring (bicyclic) bond motifs is 1. The molecule has 0 aliphatic rings. The third kappa shape index (κ3) is 4.12. The largest absolute Gasteiger partial charge is 0.494 e. The number of rotatable bonds is 6. The average molecular weight is 404 g/mol. The molecular weight excluding hydrogens is 382 g/mol. The van der Waals surface area contributed by atoms with Crippen LogP contribution in [0.5, 0.6) is 5.75 Å². The smallest absolute Gasteiger partial charge is 0.260 e. The van der Waals surface area contributed by atoms with E-state index in [9.17, 15) is 4.79 Å². The number of aryl methyl sites for hydroxylation is 1. The summed E-state index contributed by atoms with van der Waals surface area (Å²) in [5.41, 5.74) is 3.57. The summed E-state index contributed by atoms with van der Waals surface area (Å²) in [5, 5.41) is 0.678. The number of carbonyl (C=O) groups excluding carboxylic acids is 1. The van der Waals surface area contributed by atoms with Crippen LogP contribution < -0.4 is 9.64 Å². The second-order valence-electron chi connectivity index (χ2n) is 6.63. The van der Waals surface area contributed by atoms with Gasteiger partial charge in [0.05, 0.1) is 23.4 Å². The number of pyridine rings is 1. The monoisotopic (exact) mass is 403 g/mol. The van der Waals surface area contributed by atoms with Crippen LogP contribution in [0.25, 0.3) is 10.2 Å². The minimum absolute atomic E-state index is 0.103. The van der Waals surface area contributed by atoms with Crippen LogP contribution in [0.4, 0.5) is 5.13 Å². The first-order valence-corrected chi connectivity index (χ1v) is 10.3. The van der Waals surface area contributed by atoms with Gasteiger partial charge in [-0.1, -0.05) is 29.5 Å². The molecule has 6 heteroatoms. The normalized spacial score (nSPS) is 10.8. The Kier molecular flexibility index (Phi) is 5.53. The molecule has 2 aromatic heterocycles. The molecular formula is C23H21N3O2S. The van der Waals surface area contributed by atoms with E-state index in [0.717, 1.165) is 27.1 Å². The van der Waals surface area contributed by atoms with E-state index in [1.165, 1.54) is 11.3 Å². The average Bonchev–Trinajstić information content (AvgIpc) is 3.18. The quantitative estimate of drug-likeness (QED) is 0.441. The number of carbonyl (C=O) groups is 1. The molecule has 4 rings (SSSR count). The molecule has 0 saturated heterocycles. The molecule has 0 saturated carbocycles. The molecule has 0 atom stereocenters. The first-order chi connectivity index (χ1) is 14.2. The number of benzene rings is 2. The van der Waals surface area contributed by atoms with E-state index in [1.54, 1.807) is 29.4 Å². The predicted molar refractivity (Wildman–Crippen MR) is 117 cm³/mol. The molecule has 0 unspecified atom stereocenters. The van der Waals surface area contributed by atoms with Gasteiger partial charge in [0.25, 0.3) is 5.91 Å². The van der Waals surface area contributed by atoms with Crippen molar-refractivity contribution in [1.29, 1.82) is 0 Å². The lowest BCUT2D eigenvalue weighted by molar-refractivity contribution is 0.0985. The molecule has 29 heavy (non-hydrogen) atoms. The van der Waals surface area contributed by atoms with Crippen LogP contribution in [0, 0.1) is 6.92 Å². The lowest BCUT2D eigenvalue weighted by Gasteiger charge is -2.20. The molecule has 1 amide bonds. The molecule has 0 aliphatic heterocycles. The summed E-state index contributed by atoms with van der Waals surface area (Å²) in [7, 11) is 0. The molecule has 5 nitrogen and oxygen atoms in total. The van der Waals surface area contributed by atoms with Gasteiger partial charge in [-0.15, -0.1) is 0 Å². The molecule has 146 valence electrons. The Hall–Kier alpha value is -3.25. The molecule has 0 aliphatic carbocycles. The fourth-order valence-electron chi connectivity index (χ4n) is 3.11. The molecule has 0 N–H and O–H groups in total. The Morgan fingerprint density at radius 2 is 1.93 bits per heavy atom. The van der Waals surface area contributed by atoms with Gasteiger partial charge in [-0.2, -0.15) is 0 Å². The third-order valence-corrected chi connectivity index (χ3v) is 5.60. The topological polar surface area (TPSA) is 55.3 Å². The van der Waals surface area contributed by atoms with Crippen LogP contribution in [0.1, 0.15) is 28.4 Å². The molecule has 0 spiro atoms. The maximum atomic E-state index is 13.4. The number of hydrogen-bond donors (Lipinski definition) is 0. The van der Waals surface area contributed by atoms with Gasteiger partial charge < -0.3 is 4.74 Å². The highest BCUT2D eigenvalue weighted by atomic mass is 32.1. The fraction of sp³-hybridized carbons (Fsp3) is 0.174. The van der Waals surface area contributed by atoms with Crippen LogP contribution in [0.15, 0.2) is 67.0 Å². The molecule has 0 fully saturated rings. The van der Waals surface area contributed by atoms with E-state index < -0.39 is 0 Å². The van der Waals surface area contributed by atoms with Gasteiger partial charge >= 0.3 is 0 Å². The fourth-order valence-corrected chi connectivity index (χ4v) is 4.15. The van der Waals surface area contributed by atoms with Crippen LogP contribution in [0.3, 0.4) is 0 Å². The summed E-state index contributed by atoms with van der Waals surface area (Å²) in [4.78, 5) is 24.1. The third-order valence-electron chi connectivity index (χ3n) is 4.56. The number of para-hydroxylation sites is 1. The van der Waals surface area contributed by atoms with Gasteiger partial charge in [-0.3, -0.25) is 14.7 Å². The lowest BCUT2D eigenvalue weighted by atomic mass is 10.2. The summed E-state index contributed by atoms with van der Waals surface area (Å²) in [6, 6.07) is 17.1. The van der Waals surface area contributed by atoms with Gasteiger partial charge in [0.2, 0.25) is 0 Å². The van der Waals surface area contributed by atoms with Crippen molar-refractivity contribution in [2.75, 3.05) is 11.5 Å². The number of thiazole rings is 1. The Balaban J connectivity index is 1.72. The Bertz CT molecular complexity index is 1120. The zero-order chi connectivity index (χ0) is 20.2. The lowest BCUT2D eigenvalue weighted by Crippen LogP contribution is -2.30. The van der Waals surface area contributed by atoms with Crippen molar-refractivity contribution in [3.63, 3.8) is 0 Å². The van der Waals surface area contributed by atoms with Crippen molar-refractivity contribution in [2.45, 2.75) is 20.4 Å². The van der Waals surface area contributed by atoms with Crippen molar-refractivity contribution in [3.8, 4) is 5.75 Å². The number of aromatic nitrogens is 2. The van der Waals surface area contributed by atoms with Crippen molar-refractivity contribution in [2.24, 2.45) is 0 Å². The zero-order valence-electron chi connectivity index (χ0n) is 16.3. The van der Waals surface area contributed by atoms with Gasteiger partial charge in [0, 0.05) is 18.0 Å². The second-order valence-corrected chi connectivity index (χ2v) is 7.64. The summed E-state index contributed by atoms with van der Waals surface area (Å²) in [6.07, 6.45) is 3.50. The maximum Gasteiger partial charge on any atom is 0.260 e. The second kappa shape index (κ2) is 8.41. The van der Waals surface area contributed by atoms with E-state index >= 15 is 0 Å². The minimum Gasteiger partial charge on any atom is -0.494 e. The standard InChI is InChI=1S/C23H21N3O2S/c1-3-28-19-11-9-18(10-12-19)22(27)26(15-17-7-5-13-24-14-17)23-25-21-16(2)6-4-8-20(21)29-23/h4-14H,3,15H2,1-2H3. The van der Waals surface area contributed by atoms with Gasteiger partial charge in [-0.05, 0) is 61.4 Å². The summed E-state index contributed by atoms with van der Waals surface area (Å²) in [6.45, 7) is 4.96. The zero-order valence-corrected chi connectivity index (χ0v) is 17.1. The van der Waals surface area contributed by atoms with Crippen molar-refractivity contribution < 1.29 is 9.53 Å². The Labute approximate surface area is 173 Å². The number of nitrogens with zero attached hydrogens (tertiary/aromatic N) is 3. The van der Waals surface area contributed by atoms with Gasteiger partial charge in [0.1, 0.15) is 5.75 Å². The predicted octanol–water partition coefficient (Wildman–Crippen LogP) is 5.25. The van der Waals surface area contributed by atoms with Crippen LogP contribution >= 0.6 is 11.3 Å². The van der Waals surface area contributed by atoms with Crippen molar-refractivity contribution in [1.82, 2.24) is 9.97 Å². The van der Waals surface area contributed by atoms with E-state index in [2.05, 4.69) is 4.98 Å². The number of ether oxygens (including phenoxy) is 1. The summed E-state index contributed by atoms with van der Waals surface area (Å²) < 4.78 is 6.56. The minimum atomic E-state index is -0.103. The number of amides is 1. The highest BCUT2D eigenvalue weighted by molar-refractivity contribution is 7.22. The van der Waals surface area contributed by atoms with Gasteiger partial charge in [-0.25, -0.2) is 4.98 Å². The Morgan fingerprint density at radius 1 is 1.10 bits per heavy atom. The van der Waals surface area contributed by atoms with Crippen LogP contribution in [0.2, 0.25) is 0 Å². The Morgan fingerprint density at radius 3 is 2.62 bits per heavy atom. The molecule has 4 aromatic rings. The highest BCUT2D eigenvalue weighted by Crippen LogP contribution is 2.32. The van der Waals surface area contributed by atoms with Crippen LogP contribution in [-0.2, 0) is 6.54 Å². The van der Waals surface area contributed by atoms with Crippen LogP contribution in [-0.4, -0.2) is 22.5 Å². The molecule has 0 radical (unpaired) electrons. The molecule has 0 bridgehead atoms. The van der Waals surface area contributed by atoms with Crippen molar-refractivity contribution >= 4 is 32.6 Å². The SMILES string of the molecule is CCOc1ccc(C(=O)N(Cc2cccnc2)c2nc3c(C)cccc3s2)cc1. The first-order valence-electron chi connectivity index (χ1n) is 9.45. The van der Waals surface area contributed by atoms with Gasteiger partial charge in [0.15, 0.2) is 5.13 Å². The highest BCUT2D eigenvalue weighted by Gasteiger charge is 2.22. The number of hydrogen-bond acceptors (Lipinski definition) is 5. The summed E-state index contributed by atoms with van der Waals surface area (Å²) >= 11 is 1.52. The maximum absolute atomic E-state index is 13.4. The van der Waals surface area contributed by atoms with E-state index in [4.69, 9.17) is 9.72 Å². The first kappa shape index (κ1) is 19.1. The number of anilines is 1.